The predicted molar refractivity (Wildman–Crippen MR) is 58.6 cm³/mol. The van der Waals surface area contributed by atoms with E-state index in [-0.39, 0.29) is 0 Å². The molecule has 0 aromatic heterocycles. The van der Waals surface area contributed by atoms with Crippen molar-refractivity contribution in [2.24, 2.45) is 11.5 Å². The van der Waals surface area contributed by atoms with Crippen molar-refractivity contribution in [1.82, 2.24) is 0 Å². The van der Waals surface area contributed by atoms with Gasteiger partial charge in [-0.15, -0.1) is 0 Å². The van der Waals surface area contributed by atoms with Gasteiger partial charge in [-0.3, -0.25) is 4.79 Å². The number of hydrogen-bond acceptors (Lipinski definition) is 3. The van der Waals surface area contributed by atoms with Crippen LogP contribution in [-0.2, 0) is 4.79 Å². The Hall–Kier alpha value is -0.220. The van der Waals surface area contributed by atoms with Crippen LogP contribution in [0.15, 0.2) is 0 Å². The normalized spacial score (nSPS) is 15.8. The zero-order valence-electron chi connectivity index (χ0n) is 8.67. The van der Waals surface area contributed by atoms with Crippen molar-refractivity contribution in [1.29, 1.82) is 0 Å². The molecule has 0 aromatic rings. The molecule has 78 valence electrons. The van der Waals surface area contributed by atoms with E-state index in [2.05, 4.69) is 13.8 Å². The highest BCUT2D eigenvalue weighted by Crippen LogP contribution is 2.15. The lowest BCUT2D eigenvalue weighted by Gasteiger charge is -2.20. The van der Waals surface area contributed by atoms with Crippen LogP contribution in [0.5, 0.6) is 0 Å². The summed E-state index contributed by atoms with van der Waals surface area (Å²) in [6, 6.07) is 0. The fraction of sp³-hybridized carbons (Fsp3) is 0.889. The molecule has 0 heterocycles. The summed E-state index contributed by atoms with van der Waals surface area (Å²) in [5, 5.41) is 0.637. The number of hydrogen-bond donors (Lipinski definition) is 2. The third-order valence-electron chi connectivity index (χ3n) is 1.85. The van der Waals surface area contributed by atoms with Gasteiger partial charge in [-0.25, -0.2) is 0 Å². The molecule has 1 unspecified atom stereocenters. The first kappa shape index (κ1) is 12.8. The van der Waals surface area contributed by atoms with E-state index in [0.717, 1.165) is 12.2 Å². The van der Waals surface area contributed by atoms with E-state index in [1.165, 1.54) is 0 Å². The number of amides is 1. The van der Waals surface area contributed by atoms with E-state index < -0.39 is 11.4 Å². The van der Waals surface area contributed by atoms with Crippen LogP contribution in [0.3, 0.4) is 0 Å². The molecule has 0 rings (SSSR count). The molecule has 13 heavy (non-hydrogen) atoms. The Labute approximate surface area is 84.6 Å². The molecule has 0 fully saturated rings. The average Bonchev–Trinajstić information content (AvgIpc) is 1.97. The molecule has 0 aliphatic rings. The van der Waals surface area contributed by atoms with Crippen LogP contribution in [0.25, 0.3) is 0 Å². The molecular weight excluding hydrogens is 184 g/mol. The lowest BCUT2D eigenvalue weighted by atomic mass is 9.97. The number of rotatable bonds is 6. The van der Waals surface area contributed by atoms with Crippen LogP contribution < -0.4 is 11.5 Å². The summed E-state index contributed by atoms with van der Waals surface area (Å²) in [6.45, 7) is 6.00. The van der Waals surface area contributed by atoms with Crippen LogP contribution in [0.1, 0.15) is 33.6 Å². The fourth-order valence-electron chi connectivity index (χ4n) is 0.882. The topological polar surface area (TPSA) is 69.1 Å². The maximum Gasteiger partial charge on any atom is 0.237 e. The maximum atomic E-state index is 10.8. The minimum Gasteiger partial charge on any atom is -0.368 e. The Balaban J connectivity index is 3.58. The van der Waals surface area contributed by atoms with Crippen molar-refractivity contribution < 1.29 is 4.79 Å². The molecule has 0 aliphatic heterocycles. The van der Waals surface area contributed by atoms with Crippen molar-refractivity contribution in [3.8, 4) is 0 Å². The molecule has 0 aliphatic carbocycles. The minimum atomic E-state index is -0.836. The molecule has 4 heteroatoms. The van der Waals surface area contributed by atoms with Gasteiger partial charge in [-0.2, -0.15) is 11.8 Å². The molecule has 1 amide bonds. The Morgan fingerprint density at radius 3 is 2.46 bits per heavy atom. The molecule has 0 spiro atoms. The highest BCUT2D eigenvalue weighted by atomic mass is 32.2. The van der Waals surface area contributed by atoms with Crippen LogP contribution in [-0.4, -0.2) is 22.4 Å². The van der Waals surface area contributed by atoms with E-state index in [9.17, 15) is 4.79 Å². The zero-order chi connectivity index (χ0) is 10.5. The van der Waals surface area contributed by atoms with Crippen LogP contribution in [0.4, 0.5) is 0 Å². The van der Waals surface area contributed by atoms with Crippen molar-refractivity contribution in [3.05, 3.63) is 0 Å². The van der Waals surface area contributed by atoms with Gasteiger partial charge in [-0.05, 0) is 30.8 Å². The molecule has 0 saturated carbocycles. The van der Waals surface area contributed by atoms with Gasteiger partial charge in [0, 0.05) is 0 Å². The lowest BCUT2D eigenvalue weighted by Crippen LogP contribution is -2.49. The Kier molecular flexibility index (Phi) is 5.40. The highest BCUT2D eigenvalue weighted by molar-refractivity contribution is 7.99. The molecule has 0 radical (unpaired) electrons. The smallest absolute Gasteiger partial charge is 0.237 e. The molecule has 0 saturated heterocycles. The fourth-order valence-corrected chi connectivity index (χ4v) is 1.66. The molecule has 1 atom stereocenters. The van der Waals surface area contributed by atoms with E-state index >= 15 is 0 Å². The first-order chi connectivity index (χ1) is 5.86. The second-order valence-electron chi connectivity index (χ2n) is 3.80. The summed E-state index contributed by atoms with van der Waals surface area (Å²) in [6.07, 6.45) is 1.61. The Morgan fingerprint density at radius 1 is 1.54 bits per heavy atom. The van der Waals surface area contributed by atoms with E-state index in [1.807, 2.05) is 11.8 Å². The lowest BCUT2D eigenvalue weighted by molar-refractivity contribution is -0.122. The number of carbonyl (C=O) groups is 1. The van der Waals surface area contributed by atoms with Gasteiger partial charge in [0.25, 0.3) is 0 Å². The summed E-state index contributed by atoms with van der Waals surface area (Å²) in [5.41, 5.74) is 10.00. The van der Waals surface area contributed by atoms with Gasteiger partial charge in [0.2, 0.25) is 5.91 Å². The van der Waals surface area contributed by atoms with Crippen molar-refractivity contribution in [2.45, 2.75) is 44.4 Å². The molecule has 3 nitrogen and oxygen atoms in total. The quantitative estimate of drug-likeness (QED) is 0.637. The average molecular weight is 204 g/mol. The van der Waals surface area contributed by atoms with Crippen LogP contribution in [0.2, 0.25) is 0 Å². The second-order valence-corrected chi connectivity index (χ2v) is 5.49. The summed E-state index contributed by atoms with van der Waals surface area (Å²) in [4.78, 5) is 10.8. The van der Waals surface area contributed by atoms with Gasteiger partial charge in [0.1, 0.15) is 0 Å². The summed E-state index contributed by atoms with van der Waals surface area (Å²) in [5.74, 6) is 0.625. The minimum absolute atomic E-state index is 0.415. The van der Waals surface area contributed by atoms with Gasteiger partial charge in [-0.1, -0.05) is 13.8 Å². The summed E-state index contributed by atoms with van der Waals surface area (Å²) < 4.78 is 0. The highest BCUT2D eigenvalue weighted by Gasteiger charge is 2.24. The van der Waals surface area contributed by atoms with Crippen molar-refractivity contribution >= 4 is 17.7 Å². The van der Waals surface area contributed by atoms with Crippen LogP contribution in [0, 0.1) is 0 Å². The van der Waals surface area contributed by atoms with Crippen molar-refractivity contribution in [2.75, 3.05) is 5.75 Å². The monoisotopic (exact) mass is 204 g/mol. The molecule has 0 aromatic carbocycles. The largest absolute Gasteiger partial charge is 0.368 e. The second kappa shape index (κ2) is 5.50. The van der Waals surface area contributed by atoms with Gasteiger partial charge >= 0.3 is 0 Å². The van der Waals surface area contributed by atoms with E-state index in [4.69, 9.17) is 11.5 Å². The molecule has 0 bridgehead atoms. The third-order valence-corrected chi connectivity index (χ3v) is 3.05. The Morgan fingerprint density at radius 2 is 2.08 bits per heavy atom. The number of primary amides is 1. The first-order valence-electron chi connectivity index (χ1n) is 4.56. The SMILES string of the molecule is CC(C)SCCCC(C)(N)C(N)=O. The zero-order valence-corrected chi connectivity index (χ0v) is 9.49. The number of carbonyl (C=O) groups excluding carboxylic acids is 1. The van der Waals surface area contributed by atoms with Gasteiger partial charge in [0.15, 0.2) is 0 Å². The maximum absolute atomic E-state index is 10.8. The van der Waals surface area contributed by atoms with E-state index in [1.54, 1.807) is 6.92 Å². The molecular formula is C9H20N2OS. The van der Waals surface area contributed by atoms with Gasteiger partial charge in [0.05, 0.1) is 5.54 Å². The van der Waals surface area contributed by atoms with Crippen molar-refractivity contribution in [3.63, 3.8) is 0 Å². The summed E-state index contributed by atoms with van der Waals surface area (Å²) >= 11 is 1.88. The Bertz CT molecular complexity index is 169. The van der Waals surface area contributed by atoms with Gasteiger partial charge < -0.3 is 11.5 Å². The summed E-state index contributed by atoms with van der Waals surface area (Å²) in [7, 11) is 0. The standard InChI is InChI=1S/C9H20N2OS/c1-7(2)13-6-4-5-9(3,11)8(10)12/h7H,4-6,11H2,1-3H3,(H2,10,12). The van der Waals surface area contributed by atoms with E-state index in [0.29, 0.717) is 11.7 Å². The third kappa shape index (κ3) is 5.93. The number of thioether (sulfide) groups is 1. The predicted octanol–water partition coefficient (Wildman–Crippen LogP) is 1.11. The number of nitrogens with two attached hydrogens (primary N) is 2. The first-order valence-corrected chi connectivity index (χ1v) is 5.61. The van der Waals surface area contributed by atoms with Crippen LogP contribution >= 0.6 is 11.8 Å². The molecule has 4 N–H and O–H groups in total.